The summed E-state index contributed by atoms with van der Waals surface area (Å²) in [5, 5.41) is 0. The van der Waals surface area contributed by atoms with Crippen LogP contribution in [0.25, 0.3) is 0 Å². The van der Waals surface area contributed by atoms with Crippen LogP contribution in [0.1, 0.15) is 63.4 Å². The van der Waals surface area contributed by atoms with Gasteiger partial charge in [0.15, 0.2) is 0 Å². The van der Waals surface area contributed by atoms with Gasteiger partial charge >= 0.3 is 0 Å². The Labute approximate surface area is 116 Å². The van der Waals surface area contributed by atoms with Crippen LogP contribution in [0.5, 0.6) is 0 Å². The molecule has 106 valence electrons. The smallest absolute Gasteiger partial charge is 0.131 e. The normalized spacial score (nSPS) is 17.4. The van der Waals surface area contributed by atoms with Gasteiger partial charge in [0.05, 0.1) is 17.6 Å². The molecule has 1 saturated heterocycles. The number of nitrogens with zero attached hydrogens (tertiary/aromatic N) is 3. The summed E-state index contributed by atoms with van der Waals surface area (Å²) in [6, 6.07) is 0. The lowest BCUT2D eigenvalue weighted by atomic mass is 10.1. The van der Waals surface area contributed by atoms with Crippen LogP contribution in [-0.2, 0) is 6.54 Å². The van der Waals surface area contributed by atoms with Crippen molar-refractivity contribution in [3.63, 3.8) is 0 Å². The fourth-order valence-corrected chi connectivity index (χ4v) is 2.61. The van der Waals surface area contributed by atoms with Gasteiger partial charge in [-0.15, -0.1) is 0 Å². The molecule has 0 spiro atoms. The van der Waals surface area contributed by atoms with Crippen molar-refractivity contribution in [2.75, 3.05) is 18.0 Å². The Morgan fingerprint density at radius 1 is 1.16 bits per heavy atom. The van der Waals surface area contributed by atoms with Crippen LogP contribution in [0.15, 0.2) is 6.20 Å². The zero-order valence-electron chi connectivity index (χ0n) is 12.2. The molecule has 0 bridgehead atoms. The number of rotatable bonds is 3. The van der Waals surface area contributed by atoms with Gasteiger partial charge in [0.25, 0.3) is 0 Å². The van der Waals surface area contributed by atoms with Crippen molar-refractivity contribution in [3.8, 4) is 0 Å². The first-order valence-electron chi connectivity index (χ1n) is 7.53. The van der Waals surface area contributed by atoms with Crippen LogP contribution >= 0.6 is 0 Å². The lowest BCUT2D eigenvalue weighted by molar-refractivity contribution is 0.554. The summed E-state index contributed by atoms with van der Waals surface area (Å²) < 4.78 is 0. The quantitative estimate of drug-likeness (QED) is 0.910. The molecule has 0 aliphatic carbocycles. The minimum atomic E-state index is 0.353. The highest BCUT2D eigenvalue weighted by Gasteiger charge is 2.15. The zero-order chi connectivity index (χ0) is 13.7. The van der Waals surface area contributed by atoms with E-state index in [1.54, 1.807) is 0 Å². The first-order chi connectivity index (χ1) is 9.22. The van der Waals surface area contributed by atoms with Crippen molar-refractivity contribution in [2.45, 2.75) is 58.4 Å². The molecule has 1 aliphatic heterocycles. The van der Waals surface area contributed by atoms with Gasteiger partial charge in [-0.05, 0) is 12.8 Å². The summed E-state index contributed by atoms with van der Waals surface area (Å²) in [5.74, 6) is 1.25. The molecule has 0 amide bonds. The Morgan fingerprint density at radius 3 is 2.37 bits per heavy atom. The van der Waals surface area contributed by atoms with E-state index in [0.717, 1.165) is 30.3 Å². The monoisotopic (exact) mass is 262 g/mol. The van der Waals surface area contributed by atoms with Crippen molar-refractivity contribution in [1.29, 1.82) is 0 Å². The SMILES string of the molecule is CC(C)c1ncc(N2CCCCCCC2)c(CN)n1. The predicted molar refractivity (Wildman–Crippen MR) is 79.3 cm³/mol. The van der Waals surface area contributed by atoms with E-state index in [2.05, 4.69) is 28.7 Å². The van der Waals surface area contributed by atoms with Crippen molar-refractivity contribution in [3.05, 3.63) is 17.7 Å². The van der Waals surface area contributed by atoms with Crippen molar-refractivity contribution >= 4 is 5.69 Å². The first kappa shape index (κ1) is 14.3. The zero-order valence-corrected chi connectivity index (χ0v) is 12.2. The molecule has 4 heteroatoms. The van der Waals surface area contributed by atoms with Gasteiger partial charge in [-0.1, -0.05) is 33.1 Å². The van der Waals surface area contributed by atoms with Crippen molar-refractivity contribution in [1.82, 2.24) is 9.97 Å². The molecule has 0 radical (unpaired) electrons. The van der Waals surface area contributed by atoms with Gasteiger partial charge < -0.3 is 10.6 Å². The van der Waals surface area contributed by atoms with Crippen LogP contribution in [0.4, 0.5) is 5.69 Å². The van der Waals surface area contributed by atoms with E-state index in [9.17, 15) is 0 Å². The maximum Gasteiger partial charge on any atom is 0.131 e. The number of aromatic nitrogens is 2. The van der Waals surface area contributed by atoms with Crippen molar-refractivity contribution < 1.29 is 0 Å². The summed E-state index contributed by atoms with van der Waals surface area (Å²) in [6.07, 6.45) is 8.54. The van der Waals surface area contributed by atoms with E-state index < -0.39 is 0 Å². The molecule has 0 atom stereocenters. The lowest BCUT2D eigenvalue weighted by Gasteiger charge is -2.28. The molecule has 2 N–H and O–H groups in total. The van der Waals surface area contributed by atoms with Crippen LogP contribution in [-0.4, -0.2) is 23.1 Å². The van der Waals surface area contributed by atoms with Gasteiger partial charge in [0.1, 0.15) is 5.82 Å². The fraction of sp³-hybridized carbons (Fsp3) is 0.733. The summed E-state index contributed by atoms with van der Waals surface area (Å²) in [7, 11) is 0. The maximum atomic E-state index is 5.88. The summed E-state index contributed by atoms with van der Waals surface area (Å²) in [4.78, 5) is 11.6. The van der Waals surface area contributed by atoms with E-state index in [1.165, 1.54) is 32.1 Å². The Hall–Kier alpha value is -1.16. The standard InChI is InChI=1S/C15H26N4/c1-12(2)15-17-11-14(13(10-16)18-15)19-8-6-4-3-5-7-9-19/h11-12H,3-10,16H2,1-2H3. The average molecular weight is 262 g/mol. The average Bonchev–Trinajstić information content (AvgIpc) is 2.38. The van der Waals surface area contributed by atoms with E-state index in [4.69, 9.17) is 5.73 Å². The van der Waals surface area contributed by atoms with Crippen molar-refractivity contribution in [2.24, 2.45) is 5.73 Å². The Balaban J connectivity index is 2.21. The summed E-state index contributed by atoms with van der Waals surface area (Å²) >= 11 is 0. The van der Waals surface area contributed by atoms with E-state index in [0.29, 0.717) is 12.5 Å². The molecule has 4 nitrogen and oxygen atoms in total. The summed E-state index contributed by atoms with van der Waals surface area (Å²) in [5.41, 5.74) is 8.03. The molecule has 2 heterocycles. The van der Waals surface area contributed by atoms with E-state index >= 15 is 0 Å². The predicted octanol–water partition coefficient (Wildman–Crippen LogP) is 2.83. The third-order valence-corrected chi connectivity index (χ3v) is 3.77. The number of anilines is 1. The molecule has 1 aromatic rings. The topological polar surface area (TPSA) is 55.0 Å². The molecule has 1 aromatic heterocycles. The van der Waals surface area contributed by atoms with Crippen LogP contribution in [0, 0.1) is 0 Å². The Kier molecular flexibility index (Phi) is 5.14. The van der Waals surface area contributed by atoms with Crippen LogP contribution in [0.2, 0.25) is 0 Å². The molecule has 0 unspecified atom stereocenters. The van der Waals surface area contributed by atoms with Crippen LogP contribution < -0.4 is 10.6 Å². The van der Waals surface area contributed by atoms with Gasteiger partial charge in [-0.3, -0.25) is 0 Å². The molecule has 2 rings (SSSR count). The van der Waals surface area contributed by atoms with Gasteiger partial charge in [-0.25, -0.2) is 9.97 Å². The largest absolute Gasteiger partial charge is 0.369 e. The van der Waals surface area contributed by atoms with Gasteiger partial charge in [-0.2, -0.15) is 0 Å². The second-order valence-electron chi connectivity index (χ2n) is 5.67. The minimum absolute atomic E-state index is 0.353. The third kappa shape index (κ3) is 3.66. The molecule has 19 heavy (non-hydrogen) atoms. The highest BCUT2D eigenvalue weighted by atomic mass is 15.1. The molecule has 1 fully saturated rings. The number of hydrogen-bond acceptors (Lipinski definition) is 4. The molecular formula is C15H26N4. The minimum Gasteiger partial charge on any atom is -0.369 e. The van der Waals surface area contributed by atoms with Gasteiger partial charge in [0.2, 0.25) is 0 Å². The number of hydrogen-bond donors (Lipinski definition) is 1. The van der Waals surface area contributed by atoms with Gasteiger partial charge in [0, 0.05) is 25.6 Å². The first-order valence-corrected chi connectivity index (χ1v) is 7.53. The maximum absolute atomic E-state index is 5.88. The third-order valence-electron chi connectivity index (χ3n) is 3.77. The Bertz CT molecular complexity index is 395. The molecule has 0 aromatic carbocycles. The van der Waals surface area contributed by atoms with Crippen LogP contribution in [0.3, 0.4) is 0 Å². The second kappa shape index (κ2) is 6.85. The fourth-order valence-electron chi connectivity index (χ4n) is 2.61. The molecule has 0 saturated carbocycles. The van der Waals surface area contributed by atoms with E-state index in [-0.39, 0.29) is 0 Å². The summed E-state index contributed by atoms with van der Waals surface area (Å²) in [6.45, 7) is 6.94. The highest BCUT2D eigenvalue weighted by molar-refractivity contribution is 5.49. The second-order valence-corrected chi connectivity index (χ2v) is 5.67. The lowest BCUT2D eigenvalue weighted by Crippen LogP contribution is -2.29. The molecular weight excluding hydrogens is 236 g/mol. The number of nitrogens with two attached hydrogens (primary N) is 1. The Morgan fingerprint density at radius 2 is 1.79 bits per heavy atom. The van der Waals surface area contributed by atoms with E-state index in [1.807, 2.05) is 6.20 Å². The highest BCUT2D eigenvalue weighted by Crippen LogP contribution is 2.23. The molecule has 1 aliphatic rings.